The fourth-order valence-corrected chi connectivity index (χ4v) is 11.7. The lowest BCUT2D eigenvalue weighted by Gasteiger charge is -2.26. The zero-order valence-electron chi connectivity index (χ0n) is 82.1. The van der Waals surface area contributed by atoms with Crippen LogP contribution in [-0.2, 0) is 105 Å². The van der Waals surface area contributed by atoms with Gasteiger partial charge in [0.05, 0.1) is 106 Å². The maximum atomic E-state index is 12.5. The lowest BCUT2D eigenvalue weighted by atomic mass is 9.85. The summed E-state index contributed by atoms with van der Waals surface area (Å²) in [6.45, 7) is 61.5. The van der Waals surface area contributed by atoms with Crippen LogP contribution in [0.25, 0.3) is 0 Å². The molecule has 2 aliphatic carbocycles. The minimum absolute atomic E-state index is 0. The number of benzene rings is 2. The molecule has 0 aromatic heterocycles. The molecule has 2 saturated carbocycles. The number of hydrogen-bond donors (Lipinski definition) is 4. The van der Waals surface area contributed by atoms with Crippen molar-refractivity contribution >= 4 is 47.8 Å². The molecular formula is C106H205F3O22. The zero-order chi connectivity index (χ0) is 95.8. The molecule has 0 amide bonds. The van der Waals surface area contributed by atoms with Gasteiger partial charge in [-0.2, -0.15) is 13.2 Å². The molecule has 131 heavy (non-hydrogen) atoms. The number of halogens is 3. The van der Waals surface area contributed by atoms with Crippen molar-refractivity contribution in [3.8, 4) is 0 Å². The lowest BCUT2D eigenvalue weighted by Crippen LogP contribution is -2.31. The van der Waals surface area contributed by atoms with Crippen molar-refractivity contribution in [2.75, 3.05) is 66.1 Å². The van der Waals surface area contributed by atoms with Crippen LogP contribution >= 0.6 is 0 Å². The fourth-order valence-electron chi connectivity index (χ4n) is 11.7. The predicted octanol–water partition coefficient (Wildman–Crippen LogP) is 27.8. The molecule has 4 N–H and O–H groups in total. The topological polar surface area (TPSA) is 310 Å². The van der Waals surface area contributed by atoms with Crippen LogP contribution < -0.4 is 0 Å². The third-order valence-corrected chi connectivity index (χ3v) is 26.3. The van der Waals surface area contributed by atoms with Crippen molar-refractivity contribution < 1.29 is 119 Å². The summed E-state index contributed by atoms with van der Waals surface area (Å²) in [5.74, 6) is 0.249. The lowest BCUT2D eigenvalue weighted by molar-refractivity contribution is -0.160. The van der Waals surface area contributed by atoms with Crippen LogP contribution in [0.4, 0.5) is 13.2 Å². The van der Waals surface area contributed by atoms with Crippen molar-refractivity contribution in [2.24, 2.45) is 61.1 Å². The molecule has 2 fully saturated rings. The van der Waals surface area contributed by atoms with Gasteiger partial charge in [0, 0.05) is 6.61 Å². The second-order valence-corrected chi connectivity index (χ2v) is 35.1. The number of carbonyl (C=O) groups is 8. The van der Waals surface area contributed by atoms with E-state index in [1.807, 2.05) is 180 Å². The van der Waals surface area contributed by atoms with E-state index in [-0.39, 0.29) is 186 Å². The minimum Gasteiger partial charge on any atom is -0.481 e. The van der Waals surface area contributed by atoms with E-state index >= 15 is 0 Å². The van der Waals surface area contributed by atoms with Gasteiger partial charge in [0.15, 0.2) is 0 Å². The van der Waals surface area contributed by atoms with Crippen molar-refractivity contribution in [1.29, 1.82) is 0 Å². The molecule has 22 nitrogen and oxygen atoms in total. The first-order valence-corrected chi connectivity index (χ1v) is 45.7. The molecule has 2 aromatic carbocycles. The number of fused-ring (bicyclic) bond motifs is 2. The Morgan fingerprint density at radius 1 is 0.344 bits per heavy atom. The van der Waals surface area contributed by atoms with E-state index in [9.17, 15) is 51.5 Å². The van der Waals surface area contributed by atoms with Gasteiger partial charge in [-0.3, -0.25) is 38.4 Å². The number of aliphatic hydroxyl groups excluding tert-OH is 2. The molecular weight excluding hydrogens is 1680 g/mol. The Hall–Kier alpha value is -6.25. The van der Waals surface area contributed by atoms with Crippen molar-refractivity contribution in [1.82, 2.24) is 0 Å². The molecule has 4 rings (SSSR count). The quantitative estimate of drug-likeness (QED) is 0.0353. The standard InChI is InChI=1S/C18H25F3O3.C18H32O3.C18H28O3.C12H24O3.2C9H18O3.2C7H14O2.8CH4/c1-5-17(4,6-2)16(22)24-11-13(3)23-12-14-7-9-15(10-8-14)18(19,20)21;1-5-18(4,6-2)17(19)21-11-13(3)20-12-16-10-14-7-8-15(16)9-14;1-6-18(5,7-2)17(19)21-12-15(4)20-13-16-10-8-14(3)9-11-16;1-6-12(5,7-2)11(13)15-9-10(4)14-8-3;2*1-4-9(3,5-2)8(11)12-7-6-10;2*1-4-7(3,5-2)6(8)9;;;;;;;;/h7-10,13H,5-6,11-12H2,1-4H3;13-16H,5-12H2,1-4H3;8-11,15H,6-7,12-13H2,1-5H3;10H,6-9H2,1-5H3;2*10H,4-7H2,1-3H3;2*4-5H2,1-3H3,(H,8,9);8*1H4. The summed E-state index contributed by atoms with van der Waals surface area (Å²) in [4.78, 5) is 91.7. The Balaban J connectivity index is -0.000000125. The largest absolute Gasteiger partial charge is 0.481 e. The maximum absolute atomic E-state index is 12.5. The van der Waals surface area contributed by atoms with Gasteiger partial charge in [-0.05, 0) is 260 Å². The van der Waals surface area contributed by atoms with Crippen molar-refractivity contribution in [2.45, 2.75) is 439 Å². The van der Waals surface area contributed by atoms with Gasteiger partial charge < -0.3 is 67.8 Å². The summed E-state index contributed by atoms with van der Waals surface area (Å²) in [6, 6.07) is 13.1. The normalized spacial score (nSPS) is 14.5. The van der Waals surface area contributed by atoms with Crippen LogP contribution in [0.15, 0.2) is 48.5 Å². The Morgan fingerprint density at radius 3 is 0.779 bits per heavy atom. The van der Waals surface area contributed by atoms with Crippen LogP contribution in [0.3, 0.4) is 0 Å². The Morgan fingerprint density at radius 2 is 0.580 bits per heavy atom. The van der Waals surface area contributed by atoms with E-state index in [0.717, 1.165) is 106 Å². The highest BCUT2D eigenvalue weighted by Gasteiger charge is 2.41. The Kier molecular flexibility index (Phi) is 89.3. The fraction of sp³-hybridized carbons (Fsp3) is 0.811. The van der Waals surface area contributed by atoms with E-state index < -0.39 is 39.9 Å². The van der Waals surface area contributed by atoms with E-state index in [0.29, 0.717) is 77.1 Å². The van der Waals surface area contributed by atoms with E-state index in [1.165, 1.54) is 43.4 Å². The highest BCUT2D eigenvalue weighted by molar-refractivity contribution is 5.79. The van der Waals surface area contributed by atoms with Gasteiger partial charge in [-0.15, -0.1) is 0 Å². The summed E-state index contributed by atoms with van der Waals surface area (Å²) < 4.78 is 91.0. The number of alkyl halides is 3. The summed E-state index contributed by atoms with van der Waals surface area (Å²) in [5.41, 5.74) is -1.01. The molecule has 0 heterocycles. The van der Waals surface area contributed by atoms with Gasteiger partial charge in [-0.25, -0.2) is 0 Å². The third kappa shape index (κ3) is 57.4. The number of carboxylic acid groups (broad SMARTS) is 2. The smallest absolute Gasteiger partial charge is 0.416 e. The van der Waals surface area contributed by atoms with Gasteiger partial charge in [0.1, 0.15) is 39.6 Å². The second-order valence-electron chi connectivity index (χ2n) is 35.1. The molecule has 0 aliphatic heterocycles. The first kappa shape index (κ1) is 150. The molecule has 7 atom stereocenters. The molecule has 782 valence electrons. The summed E-state index contributed by atoms with van der Waals surface area (Å²) in [7, 11) is 0. The second kappa shape index (κ2) is 77.9. The molecule has 2 aromatic rings. The SMILES string of the molecule is C.C.C.C.C.C.C.C.CCC(C)(CC)C(=O)O.CCC(C)(CC)C(=O)O.CCC(C)(CC)C(=O)OCC(C)OCC1CC2CCC1C2.CCC(C)(CC)C(=O)OCC(C)OCc1ccc(C(F)(F)F)cc1.CCC(C)(CC)C(=O)OCC(C)OCc1ccc(C)cc1.CCC(C)(CC)C(=O)OCCO.CCC(C)(CC)C(=O)OCCO.CCOC(C)COC(=O)C(C)(CC)CC. The number of aryl methyl sites for hydroxylation is 1. The average Bonchev–Trinajstić information content (AvgIpc) is 1.60. The van der Waals surface area contributed by atoms with Gasteiger partial charge in [0.25, 0.3) is 0 Å². The number of carbonyl (C=O) groups excluding carboxylic acids is 6. The third-order valence-electron chi connectivity index (χ3n) is 26.3. The Bertz CT molecular complexity index is 3100. The van der Waals surface area contributed by atoms with E-state index in [1.54, 1.807) is 20.8 Å². The number of hydrogen-bond acceptors (Lipinski definition) is 20. The van der Waals surface area contributed by atoms with Crippen LogP contribution in [0, 0.1) is 68.0 Å². The summed E-state index contributed by atoms with van der Waals surface area (Å²) in [6.07, 6.45) is 13.0. The summed E-state index contributed by atoms with van der Waals surface area (Å²) >= 11 is 0. The van der Waals surface area contributed by atoms with Crippen LogP contribution in [0.5, 0.6) is 0 Å². The van der Waals surface area contributed by atoms with Crippen LogP contribution in [0.1, 0.15) is 411 Å². The van der Waals surface area contributed by atoms with Gasteiger partial charge in [-0.1, -0.05) is 219 Å². The first-order valence-electron chi connectivity index (χ1n) is 45.7. The highest BCUT2D eigenvalue weighted by Crippen LogP contribution is 2.48. The first-order chi connectivity index (χ1) is 57.3. The van der Waals surface area contributed by atoms with Crippen molar-refractivity contribution in [3.05, 3.63) is 70.8 Å². The molecule has 2 bridgehead atoms. The number of aliphatic carboxylic acids is 2. The average molecular weight is 1890 g/mol. The monoisotopic (exact) mass is 1890 g/mol. The Labute approximate surface area is 800 Å². The number of carboxylic acids is 2. The zero-order valence-corrected chi connectivity index (χ0v) is 82.1. The number of rotatable bonds is 47. The maximum Gasteiger partial charge on any atom is 0.416 e. The molecule has 0 saturated heterocycles. The number of ether oxygens (including phenoxy) is 10. The van der Waals surface area contributed by atoms with Crippen LogP contribution in [-0.4, -0.2) is 159 Å². The van der Waals surface area contributed by atoms with Gasteiger partial charge in [0.2, 0.25) is 0 Å². The highest BCUT2D eigenvalue weighted by atomic mass is 19.4. The predicted molar refractivity (Wildman–Crippen MR) is 535 cm³/mol. The molecule has 0 spiro atoms. The minimum atomic E-state index is -4.34. The van der Waals surface area contributed by atoms with Crippen LogP contribution in [0.2, 0.25) is 0 Å². The molecule has 7 unspecified atom stereocenters. The molecule has 25 heteroatoms. The summed E-state index contributed by atoms with van der Waals surface area (Å²) in [5, 5.41) is 34.2. The number of esters is 6. The molecule has 2 aliphatic rings. The van der Waals surface area contributed by atoms with E-state index in [2.05, 4.69) is 31.2 Å². The van der Waals surface area contributed by atoms with E-state index in [4.69, 9.17) is 67.8 Å². The molecule has 0 radical (unpaired) electrons. The van der Waals surface area contributed by atoms with Gasteiger partial charge >= 0.3 is 53.9 Å². The number of aliphatic hydroxyl groups is 2. The van der Waals surface area contributed by atoms with Crippen molar-refractivity contribution in [3.63, 3.8) is 0 Å².